The van der Waals surface area contributed by atoms with E-state index in [2.05, 4.69) is 43.5 Å². The van der Waals surface area contributed by atoms with Crippen molar-refractivity contribution in [2.24, 2.45) is 0 Å². The fourth-order valence-corrected chi connectivity index (χ4v) is 7.74. The predicted molar refractivity (Wildman–Crippen MR) is 250 cm³/mol. The Hall–Kier alpha value is -1.66. The van der Waals surface area contributed by atoms with Gasteiger partial charge in [-0.1, -0.05) is 205 Å². The van der Waals surface area contributed by atoms with E-state index >= 15 is 0 Å². The van der Waals surface area contributed by atoms with Crippen LogP contribution in [0.2, 0.25) is 0 Å². The van der Waals surface area contributed by atoms with Crippen LogP contribution in [0.1, 0.15) is 271 Å². The van der Waals surface area contributed by atoms with E-state index in [1.807, 2.05) is 0 Å². The van der Waals surface area contributed by atoms with E-state index in [9.17, 15) is 19.8 Å². The molecule has 0 aromatic carbocycles. The first-order valence-electron chi connectivity index (χ1n) is 25.6. The van der Waals surface area contributed by atoms with E-state index in [1.165, 1.54) is 161 Å². The van der Waals surface area contributed by atoms with E-state index in [0.29, 0.717) is 25.9 Å². The van der Waals surface area contributed by atoms with Crippen LogP contribution in [0, 0.1) is 0 Å². The van der Waals surface area contributed by atoms with E-state index in [4.69, 9.17) is 4.74 Å². The van der Waals surface area contributed by atoms with Crippen LogP contribution in [0.15, 0.2) is 24.3 Å². The molecule has 0 radical (unpaired) electrons. The highest BCUT2D eigenvalue weighted by Gasteiger charge is 2.20. The molecule has 6 heteroatoms. The van der Waals surface area contributed by atoms with Gasteiger partial charge in [-0.05, 0) is 77.0 Å². The van der Waals surface area contributed by atoms with Crippen molar-refractivity contribution in [3.63, 3.8) is 0 Å². The minimum atomic E-state index is -0.686. The zero-order valence-electron chi connectivity index (χ0n) is 38.8. The van der Waals surface area contributed by atoms with Gasteiger partial charge in [-0.15, -0.1) is 0 Å². The van der Waals surface area contributed by atoms with Gasteiger partial charge in [0.05, 0.1) is 25.4 Å². The fraction of sp³-hybridized carbons (Fsp3) is 0.885. The van der Waals surface area contributed by atoms with Crippen LogP contribution in [0.25, 0.3) is 0 Å². The second-order valence-corrected chi connectivity index (χ2v) is 17.5. The van der Waals surface area contributed by atoms with Crippen molar-refractivity contribution in [1.29, 1.82) is 0 Å². The molecule has 0 spiro atoms. The van der Waals surface area contributed by atoms with Gasteiger partial charge in [-0.25, -0.2) is 0 Å². The molecular weight excluding hydrogens is 719 g/mol. The molecular formula is C52H99NO5. The molecule has 0 saturated carbocycles. The molecule has 58 heavy (non-hydrogen) atoms. The number of aliphatic hydroxyl groups is 2. The Morgan fingerprint density at radius 3 is 1.26 bits per heavy atom. The average Bonchev–Trinajstić information content (AvgIpc) is 3.22. The molecule has 342 valence electrons. The van der Waals surface area contributed by atoms with Crippen molar-refractivity contribution in [3.8, 4) is 0 Å². The zero-order chi connectivity index (χ0) is 42.3. The molecule has 0 fully saturated rings. The van der Waals surface area contributed by atoms with Gasteiger partial charge in [-0.2, -0.15) is 0 Å². The lowest BCUT2D eigenvalue weighted by atomic mass is 10.0. The summed E-state index contributed by atoms with van der Waals surface area (Å²) in [4.78, 5) is 24.4. The molecule has 2 unspecified atom stereocenters. The summed E-state index contributed by atoms with van der Waals surface area (Å²) in [5.74, 6) is -0.116. The van der Waals surface area contributed by atoms with Gasteiger partial charge in [0.25, 0.3) is 0 Å². The SMILES string of the molecule is CCCCC/C=C\CCCCCCCC(=O)OCCCC/C=C\CCCCCCC(=O)NC(CO)C(O)CCCCCCCCCCCCCCCCCCCCC. The summed E-state index contributed by atoms with van der Waals surface area (Å²) < 4.78 is 5.41. The minimum Gasteiger partial charge on any atom is -0.466 e. The molecule has 1 amide bonds. The molecule has 2 atom stereocenters. The fourth-order valence-electron chi connectivity index (χ4n) is 7.74. The Kier molecular flexibility index (Phi) is 46.6. The quantitative estimate of drug-likeness (QED) is 0.0323. The van der Waals surface area contributed by atoms with Crippen molar-refractivity contribution in [2.45, 2.75) is 283 Å². The van der Waals surface area contributed by atoms with Gasteiger partial charge in [0.15, 0.2) is 0 Å². The summed E-state index contributed by atoms with van der Waals surface area (Å²) in [6.45, 7) is 4.84. The Bertz CT molecular complexity index is 904. The highest BCUT2D eigenvalue weighted by molar-refractivity contribution is 5.76. The first-order valence-corrected chi connectivity index (χ1v) is 25.6. The van der Waals surface area contributed by atoms with Gasteiger partial charge in [0.2, 0.25) is 5.91 Å². The van der Waals surface area contributed by atoms with Crippen molar-refractivity contribution < 1.29 is 24.5 Å². The van der Waals surface area contributed by atoms with E-state index in [-0.39, 0.29) is 18.5 Å². The Labute approximate surface area is 361 Å². The molecule has 0 aromatic rings. The summed E-state index contributed by atoms with van der Waals surface area (Å²) in [6.07, 6.45) is 55.8. The molecule has 6 nitrogen and oxygen atoms in total. The first-order chi connectivity index (χ1) is 28.5. The number of rotatable bonds is 47. The second-order valence-electron chi connectivity index (χ2n) is 17.5. The minimum absolute atomic E-state index is 0.0463. The van der Waals surface area contributed by atoms with Crippen molar-refractivity contribution in [2.75, 3.05) is 13.2 Å². The van der Waals surface area contributed by atoms with Crippen LogP contribution in [0.4, 0.5) is 0 Å². The summed E-state index contributed by atoms with van der Waals surface area (Å²) in [5, 5.41) is 23.2. The third-order valence-corrected chi connectivity index (χ3v) is 11.7. The normalized spacial score (nSPS) is 12.8. The van der Waals surface area contributed by atoms with Crippen LogP contribution in [-0.2, 0) is 14.3 Å². The van der Waals surface area contributed by atoms with Crippen molar-refractivity contribution in [1.82, 2.24) is 5.32 Å². The van der Waals surface area contributed by atoms with E-state index in [0.717, 1.165) is 77.0 Å². The maximum atomic E-state index is 12.4. The number of esters is 1. The molecule has 0 bridgehead atoms. The zero-order valence-corrected chi connectivity index (χ0v) is 38.8. The standard InChI is InChI=1S/C52H99NO5/c1-3-5-7-9-11-13-15-17-18-19-20-21-22-23-24-28-32-36-40-44-50(55)49(48-54)53-51(56)45-41-37-33-29-26-27-31-35-39-43-47-58-52(57)46-42-38-34-30-25-16-14-12-10-8-6-4-2/h12,14,27,31,49-50,54-55H,3-11,13,15-26,28-30,32-48H2,1-2H3,(H,53,56)/b14-12-,31-27-. The molecule has 0 heterocycles. The van der Waals surface area contributed by atoms with Crippen LogP contribution < -0.4 is 5.32 Å². The maximum Gasteiger partial charge on any atom is 0.305 e. The molecule has 0 aliphatic heterocycles. The average molecular weight is 818 g/mol. The number of amides is 1. The molecule has 0 saturated heterocycles. The smallest absolute Gasteiger partial charge is 0.305 e. The summed E-state index contributed by atoms with van der Waals surface area (Å²) in [5.41, 5.74) is 0. The lowest BCUT2D eigenvalue weighted by molar-refractivity contribution is -0.143. The number of carbonyl (C=O) groups is 2. The van der Waals surface area contributed by atoms with Gasteiger partial charge in [0, 0.05) is 12.8 Å². The highest BCUT2D eigenvalue weighted by Crippen LogP contribution is 2.16. The Morgan fingerprint density at radius 2 is 0.810 bits per heavy atom. The van der Waals surface area contributed by atoms with Crippen molar-refractivity contribution in [3.05, 3.63) is 24.3 Å². The van der Waals surface area contributed by atoms with E-state index < -0.39 is 12.1 Å². The van der Waals surface area contributed by atoms with Crippen LogP contribution in [-0.4, -0.2) is 47.4 Å². The molecule has 0 rings (SSSR count). The molecule has 0 aromatic heterocycles. The predicted octanol–water partition coefficient (Wildman–Crippen LogP) is 15.1. The number of ether oxygens (including phenoxy) is 1. The molecule has 0 aliphatic carbocycles. The van der Waals surface area contributed by atoms with Gasteiger partial charge in [0.1, 0.15) is 0 Å². The van der Waals surface area contributed by atoms with Crippen molar-refractivity contribution >= 4 is 11.9 Å². The summed E-state index contributed by atoms with van der Waals surface area (Å²) in [7, 11) is 0. The third-order valence-electron chi connectivity index (χ3n) is 11.7. The van der Waals surface area contributed by atoms with Crippen LogP contribution >= 0.6 is 0 Å². The molecule has 3 N–H and O–H groups in total. The maximum absolute atomic E-state index is 12.4. The third kappa shape index (κ3) is 43.9. The molecule has 0 aliphatic rings. The lowest BCUT2D eigenvalue weighted by Gasteiger charge is -2.22. The number of hydrogen-bond acceptors (Lipinski definition) is 5. The Morgan fingerprint density at radius 1 is 0.466 bits per heavy atom. The summed E-state index contributed by atoms with van der Waals surface area (Å²) >= 11 is 0. The summed E-state index contributed by atoms with van der Waals surface area (Å²) in [6, 6.07) is -0.567. The number of nitrogens with one attached hydrogen (secondary N) is 1. The number of unbranched alkanes of at least 4 members (excludes halogenated alkanes) is 32. The lowest BCUT2D eigenvalue weighted by Crippen LogP contribution is -2.45. The van der Waals surface area contributed by atoms with Gasteiger partial charge >= 0.3 is 5.97 Å². The van der Waals surface area contributed by atoms with Gasteiger partial charge < -0.3 is 20.3 Å². The van der Waals surface area contributed by atoms with Crippen LogP contribution in [0.3, 0.4) is 0 Å². The van der Waals surface area contributed by atoms with Gasteiger partial charge in [-0.3, -0.25) is 9.59 Å². The monoisotopic (exact) mass is 818 g/mol. The number of allylic oxidation sites excluding steroid dienone is 4. The van der Waals surface area contributed by atoms with Crippen LogP contribution in [0.5, 0.6) is 0 Å². The topological polar surface area (TPSA) is 95.9 Å². The first kappa shape index (κ1) is 56.3. The number of carbonyl (C=O) groups excluding carboxylic acids is 2. The Balaban J connectivity index is 3.54. The second kappa shape index (κ2) is 48.0. The number of aliphatic hydroxyl groups excluding tert-OH is 2. The largest absolute Gasteiger partial charge is 0.466 e. The van der Waals surface area contributed by atoms with E-state index in [1.54, 1.807) is 0 Å². The highest BCUT2D eigenvalue weighted by atomic mass is 16.5. The number of hydrogen-bond donors (Lipinski definition) is 3.